The number of aryl methyl sites for hydroxylation is 2. The monoisotopic (exact) mass is 257 g/mol. The lowest BCUT2D eigenvalue weighted by Crippen LogP contribution is -2.39. The SMILES string of the molecule is Cc1cc(N(C)C2CCCCC2C)c(C#N)c(C)n1. The van der Waals surface area contributed by atoms with E-state index in [9.17, 15) is 5.26 Å². The molecule has 1 aliphatic rings. The van der Waals surface area contributed by atoms with Crippen molar-refractivity contribution in [1.82, 2.24) is 4.98 Å². The van der Waals surface area contributed by atoms with Gasteiger partial charge in [-0.15, -0.1) is 0 Å². The summed E-state index contributed by atoms with van der Waals surface area (Å²) in [6.45, 7) is 6.25. The molecule has 1 aromatic heterocycles. The summed E-state index contributed by atoms with van der Waals surface area (Å²) in [5.74, 6) is 0.694. The first-order valence-corrected chi connectivity index (χ1v) is 7.15. The number of pyridine rings is 1. The number of hydrogen-bond acceptors (Lipinski definition) is 3. The number of hydrogen-bond donors (Lipinski definition) is 0. The Balaban J connectivity index is 2.38. The lowest BCUT2D eigenvalue weighted by molar-refractivity contribution is 0.321. The van der Waals surface area contributed by atoms with E-state index in [1.165, 1.54) is 25.7 Å². The molecule has 0 amide bonds. The normalized spacial score (nSPS) is 22.9. The lowest BCUT2D eigenvalue weighted by atomic mass is 9.84. The van der Waals surface area contributed by atoms with Gasteiger partial charge in [-0.1, -0.05) is 19.8 Å². The van der Waals surface area contributed by atoms with Crippen molar-refractivity contribution in [2.45, 2.75) is 52.5 Å². The molecule has 2 atom stereocenters. The molecule has 2 unspecified atom stereocenters. The molecule has 1 aromatic rings. The van der Waals surface area contributed by atoms with Crippen LogP contribution in [0.5, 0.6) is 0 Å². The molecule has 1 saturated carbocycles. The molecule has 3 heteroatoms. The number of rotatable bonds is 2. The zero-order chi connectivity index (χ0) is 14.0. The molecule has 0 bridgehead atoms. The van der Waals surface area contributed by atoms with Gasteiger partial charge in [-0.05, 0) is 38.7 Å². The highest BCUT2D eigenvalue weighted by molar-refractivity contribution is 5.61. The van der Waals surface area contributed by atoms with Crippen molar-refractivity contribution in [2.75, 3.05) is 11.9 Å². The fourth-order valence-corrected chi connectivity index (χ4v) is 3.28. The third-order valence-corrected chi connectivity index (χ3v) is 4.36. The van der Waals surface area contributed by atoms with Crippen molar-refractivity contribution >= 4 is 5.69 Å². The van der Waals surface area contributed by atoms with Gasteiger partial charge in [0, 0.05) is 18.8 Å². The minimum atomic E-state index is 0.544. The predicted octanol–water partition coefficient (Wildman–Crippen LogP) is 3.59. The summed E-state index contributed by atoms with van der Waals surface area (Å²) in [6.07, 6.45) is 5.15. The van der Waals surface area contributed by atoms with Crippen LogP contribution in [0.3, 0.4) is 0 Å². The minimum Gasteiger partial charge on any atom is -0.370 e. The smallest absolute Gasteiger partial charge is 0.103 e. The fraction of sp³-hybridized carbons (Fsp3) is 0.625. The number of anilines is 1. The molecular weight excluding hydrogens is 234 g/mol. The van der Waals surface area contributed by atoms with Crippen LogP contribution in [-0.4, -0.2) is 18.1 Å². The Hall–Kier alpha value is -1.56. The van der Waals surface area contributed by atoms with Gasteiger partial charge in [0.1, 0.15) is 6.07 Å². The summed E-state index contributed by atoms with van der Waals surface area (Å²) in [7, 11) is 2.13. The Bertz CT molecular complexity index is 501. The van der Waals surface area contributed by atoms with Gasteiger partial charge < -0.3 is 4.90 Å². The molecule has 0 spiro atoms. The van der Waals surface area contributed by atoms with Crippen LogP contribution in [0, 0.1) is 31.1 Å². The van der Waals surface area contributed by atoms with Gasteiger partial charge in [0.15, 0.2) is 0 Å². The number of nitrogens with zero attached hydrogens (tertiary/aromatic N) is 3. The van der Waals surface area contributed by atoms with Crippen LogP contribution in [0.25, 0.3) is 0 Å². The van der Waals surface area contributed by atoms with Crippen LogP contribution in [0.4, 0.5) is 5.69 Å². The second-order valence-corrected chi connectivity index (χ2v) is 5.79. The third kappa shape index (κ3) is 2.73. The molecule has 0 radical (unpaired) electrons. The van der Waals surface area contributed by atoms with Crippen molar-refractivity contribution in [3.05, 3.63) is 23.0 Å². The molecule has 0 aromatic carbocycles. The van der Waals surface area contributed by atoms with Gasteiger partial charge in [0.2, 0.25) is 0 Å². The summed E-state index contributed by atoms with van der Waals surface area (Å²) in [4.78, 5) is 6.71. The standard InChI is InChI=1S/C16H23N3/c1-11-7-5-6-8-15(11)19(4)16-9-12(2)18-13(3)14(16)10-17/h9,11,15H,5-8H2,1-4H3. The number of nitriles is 1. The molecule has 1 heterocycles. The molecular formula is C16H23N3. The maximum absolute atomic E-state index is 9.39. The molecule has 2 rings (SSSR count). The van der Waals surface area contributed by atoms with Gasteiger partial charge in [0.25, 0.3) is 0 Å². The van der Waals surface area contributed by atoms with Gasteiger partial charge in [0.05, 0.1) is 16.9 Å². The zero-order valence-electron chi connectivity index (χ0n) is 12.4. The Morgan fingerprint density at radius 1 is 1.32 bits per heavy atom. The van der Waals surface area contributed by atoms with Crippen LogP contribution in [0.2, 0.25) is 0 Å². The maximum Gasteiger partial charge on any atom is 0.103 e. The second-order valence-electron chi connectivity index (χ2n) is 5.79. The molecule has 0 aliphatic heterocycles. The van der Waals surface area contributed by atoms with E-state index in [0.29, 0.717) is 12.0 Å². The van der Waals surface area contributed by atoms with Gasteiger partial charge in [-0.2, -0.15) is 5.26 Å². The van der Waals surface area contributed by atoms with Gasteiger partial charge >= 0.3 is 0 Å². The first-order valence-electron chi connectivity index (χ1n) is 7.15. The topological polar surface area (TPSA) is 39.9 Å². The van der Waals surface area contributed by atoms with Crippen molar-refractivity contribution in [3.63, 3.8) is 0 Å². The van der Waals surface area contributed by atoms with Crippen LogP contribution in [0.15, 0.2) is 6.07 Å². The average Bonchev–Trinajstić information content (AvgIpc) is 2.37. The summed E-state index contributed by atoms with van der Waals surface area (Å²) in [5, 5.41) is 9.39. The Morgan fingerprint density at radius 3 is 2.63 bits per heavy atom. The van der Waals surface area contributed by atoms with Crippen LogP contribution in [-0.2, 0) is 0 Å². The molecule has 1 aliphatic carbocycles. The van der Waals surface area contributed by atoms with Crippen molar-refractivity contribution in [1.29, 1.82) is 5.26 Å². The van der Waals surface area contributed by atoms with E-state index in [1.54, 1.807) is 0 Å². The molecule has 19 heavy (non-hydrogen) atoms. The third-order valence-electron chi connectivity index (χ3n) is 4.36. The van der Waals surface area contributed by atoms with Gasteiger partial charge in [-0.25, -0.2) is 0 Å². The van der Waals surface area contributed by atoms with Crippen molar-refractivity contribution in [2.24, 2.45) is 5.92 Å². The van der Waals surface area contributed by atoms with E-state index in [-0.39, 0.29) is 0 Å². The number of aromatic nitrogens is 1. The van der Waals surface area contributed by atoms with E-state index in [2.05, 4.69) is 29.9 Å². The molecule has 1 fully saturated rings. The lowest BCUT2D eigenvalue weighted by Gasteiger charge is -2.38. The highest BCUT2D eigenvalue weighted by atomic mass is 15.1. The average molecular weight is 257 g/mol. The quantitative estimate of drug-likeness (QED) is 0.813. The first-order chi connectivity index (χ1) is 9.04. The highest BCUT2D eigenvalue weighted by Crippen LogP contribution is 2.32. The first kappa shape index (κ1) is 13.9. The zero-order valence-corrected chi connectivity index (χ0v) is 12.4. The molecule has 0 N–H and O–H groups in total. The molecule has 3 nitrogen and oxygen atoms in total. The molecule has 102 valence electrons. The highest BCUT2D eigenvalue weighted by Gasteiger charge is 2.27. The van der Waals surface area contributed by atoms with E-state index in [4.69, 9.17) is 0 Å². The van der Waals surface area contributed by atoms with E-state index < -0.39 is 0 Å². The predicted molar refractivity (Wildman–Crippen MR) is 78.2 cm³/mol. The van der Waals surface area contributed by atoms with Crippen molar-refractivity contribution in [3.8, 4) is 6.07 Å². The largest absolute Gasteiger partial charge is 0.370 e. The van der Waals surface area contributed by atoms with E-state index in [1.807, 2.05) is 19.9 Å². The maximum atomic E-state index is 9.39. The van der Waals surface area contributed by atoms with E-state index >= 15 is 0 Å². The summed E-state index contributed by atoms with van der Waals surface area (Å²) < 4.78 is 0. The summed E-state index contributed by atoms with van der Waals surface area (Å²) in [5.41, 5.74) is 3.60. The second kappa shape index (κ2) is 5.61. The van der Waals surface area contributed by atoms with Crippen LogP contribution >= 0.6 is 0 Å². The van der Waals surface area contributed by atoms with E-state index in [0.717, 1.165) is 22.6 Å². The Labute approximate surface area is 116 Å². The molecule has 0 saturated heterocycles. The van der Waals surface area contributed by atoms with Gasteiger partial charge in [-0.3, -0.25) is 4.98 Å². The van der Waals surface area contributed by atoms with Crippen LogP contribution < -0.4 is 4.90 Å². The Kier molecular flexibility index (Phi) is 4.09. The summed E-state index contributed by atoms with van der Waals surface area (Å²) >= 11 is 0. The Morgan fingerprint density at radius 2 is 2.00 bits per heavy atom. The van der Waals surface area contributed by atoms with Crippen molar-refractivity contribution < 1.29 is 0 Å². The fourth-order valence-electron chi connectivity index (χ4n) is 3.28. The minimum absolute atomic E-state index is 0.544. The summed E-state index contributed by atoms with van der Waals surface area (Å²) in [6, 6.07) is 4.91. The van der Waals surface area contributed by atoms with Crippen LogP contribution in [0.1, 0.15) is 49.6 Å².